The van der Waals surface area contributed by atoms with E-state index in [-0.39, 0.29) is 11.5 Å². The van der Waals surface area contributed by atoms with E-state index in [0.717, 1.165) is 38.7 Å². The van der Waals surface area contributed by atoms with Crippen molar-refractivity contribution in [3.63, 3.8) is 0 Å². The molecule has 0 saturated heterocycles. The molecule has 3 N–H and O–H groups in total. The molecule has 0 fully saturated rings. The molecule has 0 aliphatic heterocycles. The van der Waals surface area contributed by atoms with Gasteiger partial charge in [0.15, 0.2) is 0 Å². The summed E-state index contributed by atoms with van der Waals surface area (Å²) in [4.78, 5) is 35.1. The molecule has 4 heterocycles. The third kappa shape index (κ3) is 3.47. The number of amides is 1. The maximum atomic E-state index is 12.5. The molecular weight excluding hydrogens is 418 g/mol. The number of nitrogens with one attached hydrogen (secondary N) is 3. The van der Waals surface area contributed by atoms with Gasteiger partial charge in [-0.05, 0) is 35.9 Å². The fourth-order valence-electron chi connectivity index (χ4n) is 4.02. The van der Waals surface area contributed by atoms with E-state index in [2.05, 4.69) is 26.8 Å². The zero-order valence-corrected chi connectivity index (χ0v) is 18.1. The number of aryl methyl sites for hydroxylation is 1. The molecular formula is C25H21N5O3. The van der Waals surface area contributed by atoms with Crippen LogP contribution in [0.25, 0.3) is 44.2 Å². The number of hydrogen-bond donors (Lipinski definition) is 3. The van der Waals surface area contributed by atoms with Gasteiger partial charge in [0.25, 0.3) is 5.56 Å². The Labute approximate surface area is 188 Å². The third-order valence-electron chi connectivity index (χ3n) is 5.64. The van der Waals surface area contributed by atoms with E-state index in [0.29, 0.717) is 17.0 Å². The van der Waals surface area contributed by atoms with Crippen LogP contribution in [0, 0.1) is 0 Å². The molecule has 0 unspecified atom stereocenters. The molecule has 1 aromatic carbocycles. The van der Waals surface area contributed by atoms with Crippen LogP contribution in [-0.4, -0.2) is 32.5 Å². The number of carbonyl (C=O) groups excluding carboxylic acids is 1. The highest BCUT2D eigenvalue weighted by Gasteiger charge is 2.15. The van der Waals surface area contributed by atoms with Crippen LogP contribution in [0.3, 0.4) is 0 Å². The van der Waals surface area contributed by atoms with Crippen molar-refractivity contribution in [3.8, 4) is 28.0 Å². The van der Waals surface area contributed by atoms with Crippen molar-refractivity contribution in [1.82, 2.24) is 19.5 Å². The van der Waals surface area contributed by atoms with E-state index in [1.165, 1.54) is 6.08 Å². The minimum Gasteiger partial charge on any atom is -0.497 e. The van der Waals surface area contributed by atoms with Gasteiger partial charge in [0.2, 0.25) is 5.91 Å². The van der Waals surface area contributed by atoms with E-state index >= 15 is 0 Å². The van der Waals surface area contributed by atoms with Gasteiger partial charge in [-0.1, -0.05) is 6.58 Å². The molecule has 0 atom stereocenters. The van der Waals surface area contributed by atoms with Crippen LogP contribution in [0.5, 0.6) is 5.75 Å². The largest absolute Gasteiger partial charge is 0.497 e. The molecule has 0 aliphatic rings. The molecule has 0 saturated carbocycles. The number of H-pyrrole nitrogens is 2. The van der Waals surface area contributed by atoms with Gasteiger partial charge in [0, 0.05) is 71.1 Å². The van der Waals surface area contributed by atoms with Gasteiger partial charge >= 0.3 is 0 Å². The topological polar surface area (TPSA) is 105 Å². The first-order valence-electron chi connectivity index (χ1n) is 10.3. The number of hydrogen-bond acceptors (Lipinski definition) is 4. The van der Waals surface area contributed by atoms with Crippen molar-refractivity contribution in [3.05, 3.63) is 78.1 Å². The number of aromatic nitrogens is 4. The summed E-state index contributed by atoms with van der Waals surface area (Å²) in [6.45, 7) is 3.50. The maximum Gasteiger partial charge on any atom is 0.274 e. The highest BCUT2D eigenvalue weighted by atomic mass is 16.5. The van der Waals surface area contributed by atoms with Crippen molar-refractivity contribution in [2.45, 2.75) is 0 Å². The Morgan fingerprint density at radius 1 is 1.15 bits per heavy atom. The highest BCUT2D eigenvalue weighted by molar-refractivity contribution is 6.04. The Morgan fingerprint density at radius 3 is 2.79 bits per heavy atom. The number of aromatic amines is 2. The number of carbonyl (C=O) groups is 1. The fourth-order valence-corrected chi connectivity index (χ4v) is 4.02. The summed E-state index contributed by atoms with van der Waals surface area (Å²) in [5, 5.41) is 4.53. The summed E-state index contributed by atoms with van der Waals surface area (Å²) in [5.41, 5.74) is 5.34. The minimum absolute atomic E-state index is 0.0807. The van der Waals surface area contributed by atoms with E-state index in [1.54, 1.807) is 37.2 Å². The fraction of sp³-hybridized carbons (Fsp3) is 0.0800. The van der Waals surface area contributed by atoms with Crippen LogP contribution in [-0.2, 0) is 11.8 Å². The lowest BCUT2D eigenvalue weighted by Gasteiger charge is -2.10. The van der Waals surface area contributed by atoms with E-state index in [9.17, 15) is 9.59 Å². The molecule has 5 aromatic rings. The monoisotopic (exact) mass is 439 g/mol. The summed E-state index contributed by atoms with van der Waals surface area (Å²) in [6, 6.07) is 9.42. The predicted octanol–water partition coefficient (Wildman–Crippen LogP) is 4.21. The first-order chi connectivity index (χ1) is 16.0. The van der Waals surface area contributed by atoms with Gasteiger partial charge in [-0.2, -0.15) is 0 Å². The second-order valence-corrected chi connectivity index (χ2v) is 7.69. The Kier molecular flexibility index (Phi) is 4.82. The maximum absolute atomic E-state index is 12.5. The molecule has 164 valence electrons. The molecule has 8 heteroatoms. The van der Waals surface area contributed by atoms with Gasteiger partial charge in [0.1, 0.15) is 16.9 Å². The molecule has 0 bridgehead atoms. The minimum atomic E-state index is -0.305. The molecule has 4 aromatic heterocycles. The van der Waals surface area contributed by atoms with Crippen LogP contribution in [0.2, 0.25) is 0 Å². The number of pyridine rings is 2. The average molecular weight is 439 g/mol. The molecule has 1 amide bonds. The van der Waals surface area contributed by atoms with Crippen LogP contribution in [0.1, 0.15) is 0 Å². The summed E-state index contributed by atoms with van der Waals surface area (Å²) < 4.78 is 6.99. The molecule has 0 spiro atoms. The second kappa shape index (κ2) is 7.83. The zero-order valence-electron chi connectivity index (χ0n) is 18.1. The number of methoxy groups -OCH3 is 1. The highest BCUT2D eigenvalue weighted by Crippen LogP contribution is 2.35. The lowest BCUT2D eigenvalue weighted by atomic mass is 10.0. The quantitative estimate of drug-likeness (QED) is 0.357. The standard InChI is InChI=1S/C25H21N5O3/c1-4-22(31)29-16-7-14(8-17(10-16)33-3)15-9-19-20(12-28-24(19)27-11-15)21-13-30(2)25(32)23-18(21)5-6-26-23/h4-13,26H,1H2,2-3H3,(H,27,28)(H,29,31). The van der Waals surface area contributed by atoms with Crippen LogP contribution >= 0.6 is 0 Å². The predicted molar refractivity (Wildman–Crippen MR) is 129 cm³/mol. The van der Waals surface area contributed by atoms with Crippen LogP contribution < -0.4 is 15.6 Å². The normalized spacial score (nSPS) is 11.1. The number of ether oxygens (including phenoxy) is 1. The van der Waals surface area contributed by atoms with Gasteiger partial charge in [0.05, 0.1) is 7.11 Å². The average Bonchev–Trinajstić information content (AvgIpc) is 3.48. The zero-order chi connectivity index (χ0) is 23.1. The number of anilines is 1. The van der Waals surface area contributed by atoms with Crippen LogP contribution in [0.4, 0.5) is 5.69 Å². The van der Waals surface area contributed by atoms with E-state index < -0.39 is 0 Å². The summed E-state index contributed by atoms with van der Waals surface area (Å²) in [6.07, 6.45) is 8.48. The Balaban J connectivity index is 1.68. The van der Waals surface area contributed by atoms with Crippen molar-refractivity contribution < 1.29 is 9.53 Å². The lowest BCUT2D eigenvalue weighted by Crippen LogP contribution is -2.16. The number of fused-ring (bicyclic) bond motifs is 2. The summed E-state index contributed by atoms with van der Waals surface area (Å²) >= 11 is 0. The Hall–Kier alpha value is -4.59. The molecule has 5 rings (SSSR count). The van der Waals surface area contributed by atoms with Crippen molar-refractivity contribution >= 4 is 33.5 Å². The Bertz CT molecular complexity index is 1610. The molecule has 0 aliphatic carbocycles. The number of nitrogens with zero attached hydrogens (tertiary/aromatic N) is 2. The smallest absolute Gasteiger partial charge is 0.274 e. The summed E-state index contributed by atoms with van der Waals surface area (Å²) in [7, 11) is 3.31. The number of rotatable bonds is 5. The van der Waals surface area contributed by atoms with Gasteiger partial charge in [-0.15, -0.1) is 0 Å². The summed E-state index contributed by atoms with van der Waals surface area (Å²) in [5.74, 6) is 0.300. The first kappa shape index (κ1) is 20.3. The SMILES string of the molecule is C=CC(=O)Nc1cc(OC)cc(-c2cnc3[nH]cc(-c4cn(C)c(=O)c5[nH]ccc45)c3c2)c1. The van der Waals surface area contributed by atoms with E-state index in [4.69, 9.17) is 4.74 Å². The third-order valence-corrected chi connectivity index (χ3v) is 5.64. The van der Waals surface area contributed by atoms with Gasteiger partial charge in [-0.3, -0.25) is 9.59 Å². The van der Waals surface area contributed by atoms with Gasteiger partial charge < -0.3 is 24.6 Å². The van der Waals surface area contributed by atoms with Gasteiger partial charge in [-0.25, -0.2) is 4.98 Å². The second-order valence-electron chi connectivity index (χ2n) is 7.69. The lowest BCUT2D eigenvalue weighted by molar-refractivity contribution is -0.111. The molecule has 0 radical (unpaired) electrons. The van der Waals surface area contributed by atoms with Crippen molar-refractivity contribution in [2.24, 2.45) is 7.05 Å². The molecule has 8 nitrogen and oxygen atoms in total. The first-order valence-corrected chi connectivity index (χ1v) is 10.3. The van der Waals surface area contributed by atoms with Crippen LogP contribution in [0.15, 0.2) is 72.6 Å². The molecule has 33 heavy (non-hydrogen) atoms. The van der Waals surface area contributed by atoms with Crippen molar-refractivity contribution in [1.29, 1.82) is 0 Å². The Morgan fingerprint density at radius 2 is 2.00 bits per heavy atom. The van der Waals surface area contributed by atoms with E-state index in [1.807, 2.05) is 36.7 Å². The number of benzene rings is 1. The van der Waals surface area contributed by atoms with Crippen molar-refractivity contribution in [2.75, 3.05) is 12.4 Å².